The number of hydrogen-bond donors (Lipinski definition) is 1. The van der Waals surface area contributed by atoms with Crippen molar-refractivity contribution in [2.45, 2.75) is 52.0 Å². The Labute approximate surface area is 119 Å². The molecule has 2 rings (SSSR count). The number of nitrogens with one attached hydrogen (secondary N) is 1. The number of likely N-dealkylation sites (tertiary alicyclic amines) is 1. The van der Waals surface area contributed by atoms with Gasteiger partial charge in [-0.2, -0.15) is 0 Å². The SMILES string of the molecule is CCN1CCC(N(C)CC2(CC)CCNCC2)CC1. The van der Waals surface area contributed by atoms with Gasteiger partial charge in [-0.05, 0) is 77.3 Å². The highest BCUT2D eigenvalue weighted by Gasteiger charge is 2.33. The van der Waals surface area contributed by atoms with Crippen molar-refractivity contribution < 1.29 is 0 Å². The first-order chi connectivity index (χ1) is 9.19. The van der Waals surface area contributed by atoms with Gasteiger partial charge in [0.2, 0.25) is 0 Å². The molecule has 0 saturated carbocycles. The van der Waals surface area contributed by atoms with E-state index in [1.165, 1.54) is 71.4 Å². The van der Waals surface area contributed by atoms with Gasteiger partial charge in [-0.25, -0.2) is 0 Å². The van der Waals surface area contributed by atoms with E-state index in [0.29, 0.717) is 5.41 Å². The van der Waals surface area contributed by atoms with Crippen LogP contribution in [-0.4, -0.2) is 62.2 Å². The Balaban J connectivity index is 1.84. The second-order valence-corrected chi connectivity index (χ2v) is 6.68. The minimum atomic E-state index is 0.585. The minimum absolute atomic E-state index is 0.585. The molecule has 0 radical (unpaired) electrons. The van der Waals surface area contributed by atoms with Crippen LogP contribution in [0.2, 0.25) is 0 Å². The van der Waals surface area contributed by atoms with E-state index in [0.717, 1.165) is 6.04 Å². The lowest BCUT2D eigenvalue weighted by molar-refractivity contribution is 0.0664. The molecule has 0 aromatic rings. The van der Waals surface area contributed by atoms with Gasteiger partial charge in [-0.15, -0.1) is 0 Å². The van der Waals surface area contributed by atoms with E-state index in [4.69, 9.17) is 0 Å². The average Bonchev–Trinajstić information content (AvgIpc) is 2.48. The fourth-order valence-corrected chi connectivity index (χ4v) is 3.92. The van der Waals surface area contributed by atoms with Gasteiger partial charge in [0.25, 0.3) is 0 Å². The Bertz CT molecular complexity index is 253. The summed E-state index contributed by atoms with van der Waals surface area (Å²) in [5, 5.41) is 3.51. The molecule has 2 heterocycles. The molecule has 2 saturated heterocycles. The topological polar surface area (TPSA) is 18.5 Å². The van der Waals surface area contributed by atoms with Gasteiger partial charge in [0.1, 0.15) is 0 Å². The summed E-state index contributed by atoms with van der Waals surface area (Å²) in [7, 11) is 2.37. The van der Waals surface area contributed by atoms with E-state index in [9.17, 15) is 0 Å². The van der Waals surface area contributed by atoms with Crippen LogP contribution in [0.1, 0.15) is 46.0 Å². The maximum absolute atomic E-state index is 3.51. The van der Waals surface area contributed by atoms with Crippen molar-refractivity contribution in [1.29, 1.82) is 0 Å². The van der Waals surface area contributed by atoms with Gasteiger partial charge >= 0.3 is 0 Å². The van der Waals surface area contributed by atoms with Crippen LogP contribution in [0.3, 0.4) is 0 Å². The van der Waals surface area contributed by atoms with Gasteiger partial charge in [0, 0.05) is 12.6 Å². The Hall–Kier alpha value is -0.120. The zero-order chi connectivity index (χ0) is 13.7. The molecule has 2 aliphatic heterocycles. The van der Waals surface area contributed by atoms with Gasteiger partial charge in [0.05, 0.1) is 0 Å². The molecule has 0 atom stereocenters. The van der Waals surface area contributed by atoms with Crippen molar-refractivity contribution in [3.63, 3.8) is 0 Å². The summed E-state index contributed by atoms with van der Waals surface area (Å²) in [6.45, 7) is 12.2. The van der Waals surface area contributed by atoms with Crippen molar-refractivity contribution in [3.8, 4) is 0 Å². The molecule has 3 heteroatoms. The van der Waals surface area contributed by atoms with Crippen LogP contribution >= 0.6 is 0 Å². The molecule has 0 aromatic heterocycles. The first-order valence-electron chi connectivity index (χ1n) is 8.32. The van der Waals surface area contributed by atoms with E-state index in [1.807, 2.05) is 0 Å². The third kappa shape index (κ3) is 3.93. The van der Waals surface area contributed by atoms with Crippen molar-refractivity contribution in [2.24, 2.45) is 5.41 Å². The Morgan fingerprint density at radius 2 is 1.79 bits per heavy atom. The maximum Gasteiger partial charge on any atom is 0.0117 e. The molecule has 1 N–H and O–H groups in total. The van der Waals surface area contributed by atoms with E-state index < -0.39 is 0 Å². The lowest BCUT2D eigenvalue weighted by atomic mass is 9.76. The minimum Gasteiger partial charge on any atom is -0.317 e. The summed E-state index contributed by atoms with van der Waals surface area (Å²) in [5.74, 6) is 0. The van der Waals surface area contributed by atoms with Crippen molar-refractivity contribution in [2.75, 3.05) is 46.3 Å². The van der Waals surface area contributed by atoms with Gasteiger partial charge in [0.15, 0.2) is 0 Å². The third-order valence-electron chi connectivity index (χ3n) is 5.63. The summed E-state index contributed by atoms with van der Waals surface area (Å²) in [4.78, 5) is 5.27. The van der Waals surface area contributed by atoms with Gasteiger partial charge in [-0.1, -0.05) is 13.8 Å². The van der Waals surface area contributed by atoms with Crippen LogP contribution in [0.5, 0.6) is 0 Å². The molecule has 0 spiro atoms. The zero-order valence-corrected chi connectivity index (χ0v) is 13.2. The molecule has 0 aliphatic carbocycles. The highest BCUT2D eigenvalue weighted by atomic mass is 15.2. The lowest BCUT2D eigenvalue weighted by Crippen LogP contribution is -2.49. The largest absolute Gasteiger partial charge is 0.317 e. The number of rotatable bonds is 5. The second-order valence-electron chi connectivity index (χ2n) is 6.68. The fourth-order valence-electron chi connectivity index (χ4n) is 3.92. The first kappa shape index (κ1) is 15.3. The predicted molar refractivity (Wildman–Crippen MR) is 82.6 cm³/mol. The van der Waals surface area contributed by atoms with Gasteiger partial charge < -0.3 is 15.1 Å². The molecule has 19 heavy (non-hydrogen) atoms. The summed E-state index contributed by atoms with van der Waals surface area (Å²) in [6.07, 6.45) is 6.79. The Kier molecular flexibility index (Phi) is 5.67. The van der Waals surface area contributed by atoms with Crippen molar-refractivity contribution in [1.82, 2.24) is 15.1 Å². The molecule has 2 aliphatic rings. The van der Waals surface area contributed by atoms with Crippen LogP contribution < -0.4 is 5.32 Å². The van der Waals surface area contributed by atoms with E-state index in [1.54, 1.807) is 0 Å². The van der Waals surface area contributed by atoms with Crippen LogP contribution in [0.4, 0.5) is 0 Å². The summed E-state index contributed by atoms with van der Waals surface area (Å²) in [5.41, 5.74) is 0.585. The van der Waals surface area contributed by atoms with E-state index in [-0.39, 0.29) is 0 Å². The number of hydrogen-bond acceptors (Lipinski definition) is 3. The highest BCUT2D eigenvalue weighted by Crippen LogP contribution is 2.34. The van der Waals surface area contributed by atoms with Crippen molar-refractivity contribution in [3.05, 3.63) is 0 Å². The fraction of sp³-hybridized carbons (Fsp3) is 1.00. The Morgan fingerprint density at radius 1 is 1.16 bits per heavy atom. The van der Waals surface area contributed by atoms with E-state index >= 15 is 0 Å². The summed E-state index contributed by atoms with van der Waals surface area (Å²) < 4.78 is 0. The molecule has 0 unspecified atom stereocenters. The smallest absolute Gasteiger partial charge is 0.0117 e. The quantitative estimate of drug-likeness (QED) is 0.824. The van der Waals surface area contributed by atoms with Crippen LogP contribution in [-0.2, 0) is 0 Å². The molecule has 0 aromatic carbocycles. The molecule has 0 bridgehead atoms. The average molecular weight is 267 g/mol. The normalized spacial score (nSPS) is 25.9. The number of piperidine rings is 2. The van der Waals surface area contributed by atoms with Crippen LogP contribution in [0.15, 0.2) is 0 Å². The van der Waals surface area contributed by atoms with Crippen LogP contribution in [0.25, 0.3) is 0 Å². The second kappa shape index (κ2) is 7.05. The standard InChI is InChI=1S/C16H33N3/c1-4-16(8-10-17-11-9-16)14-18(3)15-6-12-19(5-2)13-7-15/h15,17H,4-14H2,1-3H3. The Morgan fingerprint density at radius 3 is 2.32 bits per heavy atom. The third-order valence-corrected chi connectivity index (χ3v) is 5.63. The van der Waals surface area contributed by atoms with Crippen LogP contribution in [0, 0.1) is 5.41 Å². The molecule has 2 fully saturated rings. The predicted octanol–water partition coefficient (Wildman–Crippen LogP) is 2.18. The highest BCUT2D eigenvalue weighted by molar-refractivity contribution is 4.88. The van der Waals surface area contributed by atoms with Crippen molar-refractivity contribution >= 4 is 0 Å². The number of nitrogens with zero attached hydrogens (tertiary/aromatic N) is 2. The first-order valence-corrected chi connectivity index (χ1v) is 8.32. The zero-order valence-electron chi connectivity index (χ0n) is 13.2. The maximum atomic E-state index is 3.51. The molecular weight excluding hydrogens is 234 g/mol. The molecule has 3 nitrogen and oxygen atoms in total. The molecule has 0 amide bonds. The molecule has 112 valence electrons. The lowest BCUT2D eigenvalue weighted by Gasteiger charge is -2.44. The summed E-state index contributed by atoms with van der Waals surface area (Å²) in [6, 6.07) is 0.820. The monoisotopic (exact) mass is 267 g/mol. The van der Waals surface area contributed by atoms with Gasteiger partial charge in [-0.3, -0.25) is 0 Å². The summed E-state index contributed by atoms with van der Waals surface area (Å²) >= 11 is 0. The van der Waals surface area contributed by atoms with E-state index in [2.05, 4.69) is 36.0 Å². The molecular formula is C16H33N3.